The maximum absolute atomic E-state index is 14.2. The Hall–Kier alpha value is -5.08. The van der Waals surface area contributed by atoms with Crippen LogP contribution in [-0.4, -0.2) is 21.9 Å². The molecule has 8 heteroatoms. The first-order valence-corrected chi connectivity index (χ1v) is 14.9. The molecule has 3 aromatic carbocycles. The van der Waals surface area contributed by atoms with E-state index in [0.717, 1.165) is 57.3 Å². The summed E-state index contributed by atoms with van der Waals surface area (Å²) in [6, 6.07) is 18.3. The molecule has 45 heavy (non-hydrogen) atoms. The number of aromatic nitrogens is 2. The summed E-state index contributed by atoms with van der Waals surface area (Å²) in [5.41, 5.74) is 21.4. The topological polar surface area (TPSA) is 106 Å². The molecule has 7 nitrogen and oxygen atoms in total. The fraction of sp³-hybridized carbons (Fsp3) is 0.216. The van der Waals surface area contributed by atoms with Gasteiger partial charge >= 0.3 is 0 Å². The van der Waals surface area contributed by atoms with Crippen LogP contribution in [-0.2, 0) is 0 Å². The second-order valence-electron chi connectivity index (χ2n) is 11.7. The van der Waals surface area contributed by atoms with Crippen molar-refractivity contribution in [3.63, 3.8) is 0 Å². The third-order valence-electron chi connectivity index (χ3n) is 7.65. The zero-order chi connectivity index (χ0) is 32.8. The number of benzene rings is 3. The first kappa shape index (κ1) is 32.8. The molecule has 0 aliphatic carbocycles. The SMILES string of the molecule is C=C(C)CC[C@H](NC(=C)[C@@H](N)CC(=C)n1nc(N)c2c(-c3ccc(NC(=C)Nc4cc(C)ccc4F)cc3)cccc21)C(=C)C. The largest absolute Gasteiger partial charge is 0.382 e. The van der Waals surface area contributed by atoms with E-state index < -0.39 is 0 Å². The van der Waals surface area contributed by atoms with Gasteiger partial charge < -0.3 is 27.4 Å². The molecule has 0 aliphatic rings. The minimum absolute atomic E-state index is 0.0595. The maximum Gasteiger partial charge on any atom is 0.154 e. The second kappa shape index (κ2) is 14.1. The van der Waals surface area contributed by atoms with Crippen molar-refractivity contribution in [2.45, 2.75) is 52.1 Å². The van der Waals surface area contributed by atoms with Gasteiger partial charge in [0.1, 0.15) is 11.6 Å². The van der Waals surface area contributed by atoms with Gasteiger partial charge in [0.25, 0.3) is 0 Å². The summed E-state index contributed by atoms with van der Waals surface area (Å²) >= 11 is 0. The van der Waals surface area contributed by atoms with Crippen molar-refractivity contribution >= 4 is 33.8 Å². The van der Waals surface area contributed by atoms with E-state index in [-0.39, 0.29) is 17.9 Å². The summed E-state index contributed by atoms with van der Waals surface area (Å²) < 4.78 is 15.9. The van der Waals surface area contributed by atoms with Gasteiger partial charge in [-0.1, -0.05) is 67.8 Å². The highest BCUT2D eigenvalue weighted by Gasteiger charge is 2.19. The Morgan fingerprint density at radius 3 is 2.36 bits per heavy atom. The molecule has 0 unspecified atom stereocenters. The average molecular weight is 606 g/mol. The number of halogens is 1. The molecule has 0 spiro atoms. The number of nitrogens with two attached hydrogens (primary N) is 2. The molecular formula is C37H44FN7. The standard InChI is InChI=1S/C37H44FN7/c1-22(2)12-19-33(23(3)4)41-26(7)32(39)21-25(6)45-35-11-9-10-30(36(35)37(40)44-45)28-14-16-29(17-15-28)42-27(8)43-34-20-24(5)13-18-31(34)38/h9-11,13-18,20,32-33,41-43H,1,3,6-8,12,19,21,39H2,2,4-5H3,(H2,40,44)/t32-,33-/m0/s1. The smallest absolute Gasteiger partial charge is 0.154 e. The van der Waals surface area contributed by atoms with Crippen molar-refractivity contribution in [2.24, 2.45) is 5.73 Å². The molecule has 7 N–H and O–H groups in total. The molecule has 1 aromatic heterocycles. The van der Waals surface area contributed by atoms with Gasteiger partial charge in [-0.15, -0.1) is 11.7 Å². The van der Waals surface area contributed by atoms with E-state index in [0.29, 0.717) is 35.1 Å². The van der Waals surface area contributed by atoms with Crippen molar-refractivity contribution in [3.8, 4) is 11.1 Å². The number of aryl methyl sites for hydroxylation is 1. The van der Waals surface area contributed by atoms with Crippen molar-refractivity contribution in [1.82, 2.24) is 15.1 Å². The summed E-state index contributed by atoms with van der Waals surface area (Å²) in [7, 11) is 0. The highest BCUT2D eigenvalue weighted by atomic mass is 19.1. The highest BCUT2D eigenvalue weighted by molar-refractivity contribution is 6.03. The molecule has 2 atom stereocenters. The molecular weight excluding hydrogens is 561 g/mol. The molecule has 234 valence electrons. The van der Waals surface area contributed by atoms with E-state index >= 15 is 0 Å². The van der Waals surface area contributed by atoms with Crippen LogP contribution in [0.2, 0.25) is 0 Å². The van der Waals surface area contributed by atoms with Crippen molar-refractivity contribution in [2.75, 3.05) is 16.4 Å². The average Bonchev–Trinajstić information content (AvgIpc) is 3.33. The van der Waals surface area contributed by atoms with E-state index in [1.54, 1.807) is 16.8 Å². The number of allylic oxidation sites excluding steroid dienone is 1. The van der Waals surface area contributed by atoms with Gasteiger partial charge in [-0.2, -0.15) is 0 Å². The normalized spacial score (nSPS) is 12.3. The lowest BCUT2D eigenvalue weighted by molar-refractivity contribution is 0.556. The van der Waals surface area contributed by atoms with E-state index in [2.05, 4.69) is 53.9 Å². The summed E-state index contributed by atoms with van der Waals surface area (Å²) in [6.45, 7) is 26.5. The Morgan fingerprint density at radius 1 is 0.978 bits per heavy atom. The molecule has 0 saturated heterocycles. The first-order valence-electron chi connectivity index (χ1n) is 14.9. The van der Waals surface area contributed by atoms with Crippen LogP contribution < -0.4 is 27.4 Å². The minimum Gasteiger partial charge on any atom is -0.382 e. The summed E-state index contributed by atoms with van der Waals surface area (Å²) in [4.78, 5) is 0. The van der Waals surface area contributed by atoms with Crippen LogP contribution in [0.15, 0.2) is 116 Å². The zero-order valence-corrected chi connectivity index (χ0v) is 26.5. The van der Waals surface area contributed by atoms with E-state index in [9.17, 15) is 4.39 Å². The Kier molecular flexibility index (Phi) is 10.3. The lowest BCUT2D eigenvalue weighted by Crippen LogP contribution is -2.37. The lowest BCUT2D eigenvalue weighted by Gasteiger charge is -2.25. The van der Waals surface area contributed by atoms with Crippen LogP contribution in [0.5, 0.6) is 0 Å². The van der Waals surface area contributed by atoms with E-state index in [4.69, 9.17) is 11.5 Å². The fourth-order valence-electron chi connectivity index (χ4n) is 5.14. The molecule has 0 saturated carbocycles. The predicted molar refractivity (Wildman–Crippen MR) is 190 cm³/mol. The Morgan fingerprint density at radius 2 is 1.69 bits per heavy atom. The van der Waals surface area contributed by atoms with Gasteiger partial charge in [-0.3, -0.25) is 0 Å². The number of hydrogen-bond donors (Lipinski definition) is 5. The van der Waals surface area contributed by atoms with Crippen LogP contribution in [0, 0.1) is 12.7 Å². The lowest BCUT2D eigenvalue weighted by atomic mass is 10.0. The minimum atomic E-state index is -0.389. The molecule has 0 bridgehead atoms. The van der Waals surface area contributed by atoms with Gasteiger partial charge in [0.2, 0.25) is 0 Å². The molecule has 0 fully saturated rings. The van der Waals surface area contributed by atoms with Crippen molar-refractivity contribution in [1.29, 1.82) is 0 Å². The molecule has 0 aliphatic heterocycles. The molecule has 1 heterocycles. The Bertz CT molecular complexity index is 1760. The number of nitrogen functional groups attached to an aromatic ring is 1. The number of hydrogen-bond acceptors (Lipinski definition) is 6. The number of nitrogens with one attached hydrogen (secondary N) is 3. The molecule has 4 rings (SSSR count). The summed E-state index contributed by atoms with van der Waals surface area (Å²) in [6.07, 6.45) is 2.19. The Balaban J connectivity index is 1.47. The second-order valence-corrected chi connectivity index (χ2v) is 11.7. The van der Waals surface area contributed by atoms with E-state index in [1.807, 2.05) is 63.2 Å². The third kappa shape index (κ3) is 8.10. The van der Waals surface area contributed by atoms with Crippen LogP contribution in [0.3, 0.4) is 0 Å². The van der Waals surface area contributed by atoms with Gasteiger partial charge in [-0.05, 0) is 80.6 Å². The van der Waals surface area contributed by atoms with Crippen LogP contribution in [0.4, 0.5) is 21.6 Å². The fourth-order valence-corrected chi connectivity index (χ4v) is 5.14. The van der Waals surface area contributed by atoms with Crippen molar-refractivity contribution < 1.29 is 4.39 Å². The van der Waals surface area contributed by atoms with Crippen molar-refractivity contribution in [3.05, 3.63) is 128 Å². The van der Waals surface area contributed by atoms with Gasteiger partial charge in [0.05, 0.1) is 16.6 Å². The van der Waals surface area contributed by atoms with Gasteiger partial charge in [0, 0.05) is 35.6 Å². The number of anilines is 3. The third-order valence-corrected chi connectivity index (χ3v) is 7.65. The zero-order valence-electron chi connectivity index (χ0n) is 26.5. The van der Waals surface area contributed by atoms with Crippen LogP contribution >= 0.6 is 0 Å². The highest BCUT2D eigenvalue weighted by Crippen LogP contribution is 2.35. The van der Waals surface area contributed by atoms with Crippen LogP contribution in [0.1, 0.15) is 38.7 Å². The predicted octanol–water partition coefficient (Wildman–Crippen LogP) is 8.32. The number of rotatable bonds is 15. The Labute approximate surface area is 265 Å². The number of fused-ring (bicyclic) bond motifs is 1. The van der Waals surface area contributed by atoms with E-state index in [1.165, 1.54) is 6.07 Å². The monoisotopic (exact) mass is 605 g/mol. The quantitative estimate of drug-likeness (QED) is 0.0873. The summed E-state index contributed by atoms with van der Waals surface area (Å²) in [5.74, 6) is 0.507. The number of nitrogens with zero attached hydrogens (tertiary/aromatic N) is 2. The molecule has 0 radical (unpaired) electrons. The van der Waals surface area contributed by atoms with Gasteiger partial charge in [0.15, 0.2) is 5.82 Å². The first-order chi connectivity index (χ1) is 21.3. The summed E-state index contributed by atoms with van der Waals surface area (Å²) in [5, 5.41) is 15.1. The van der Waals surface area contributed by atoms with Crippen LogP contribution in [0.25, 0.3) is 27.7 Å². The van der Waals surface area contributed by atoms with Gasteiger partial charge in [-0.25, -0.2) is 9.07 Å². The molecule has 0 amide bonds. The molecule has 4 aromatic rings. The maximum atomic E-state index is 14.2.